The van der Waals surface area contributed by atoms with Crippen molar-refractivity contribution < 1.29 is 0 Å². The molecule has 0 atom stereocenters. The van der Waals surface area contributed by atoms with Crippen molar-refractivity contribution in [2.24, 2.45) is 0 Å². The van der Waals surface area contributed by atoms with Gasteiger partial charge in [0.25, 0.3) is 0 Å². The third-order valence-electron chi connectivity index (χ3n) is 2.45. The number of nitrogens with two attached hydrogens (primary N) is 1. The third kappa shape index (κ3) is 2.18. The fraction of sp³-hybridized carbons (Fsp3) is 0.500. The Kier molecular flexibility index (Phi) is 2.19. The summed E-state index contributed by atoms with van der Waals surface area (Å²) >= 11 is 0. The van der Waals surface area contributed by atoms with Crippen LogP contribution in [0.15, 0.2) is 18.3 Å². The van der Waals surface area contributed by atoms with Crippen LogP contribution < -0.4 is 5.73 Å². The van der Waals surface area contributed by atoms with E-state index in [2.05, 4.69) is 16.9 Å². The molecule has 0 amide bonds. The summed E-state index contributed by atoms with van der Waals surface area (Å²) in [5.41, 5.74) is 6.74. The highest BCUT2D eigenvalue weighted by molar-refractivity contribution is 5.29. The number of pyridine rings is 1. The quantitative estimate of drug-likeness (QED) is 0.755. The number of hydrogen-bond donors (Lipinski definition) is 1. The Hall–Kier alpha value is -1.09. The van der Waals surface area contributed by atoms with E-state index in [1.165, 1.54) is 18.4 Å². The first-order valence-corrected chi connectivity index (χ1v) is 4.66. The highest BCUT2D eigenvalue weighted by atomic mass is 15.1. The van der Waals surface area contributed by atoms with Crippen LogP contribution in [-0.2, 0) is 6.54 Å². The van der Waals surface area contributed by atoms with Crippen LogP contribution in [0.2, 0.25) is 0 Å². The van der Waals surface area contributed by atoms with Gasteiger partial charge in [0.15, 0.2) is 0 Å². The highest BCUT2D eigenvalue weighted by Gasteiger charge is 2.25. The monoisotopic (exact) mass is 177 g/mol. The van der Waals surface area contributed by atoms with Crippen molar-refractivity contribution in [3.05, 3.63) is 23.9 Å². The normalized spacial score (nSPS) is 16.5. The Morgan fingerprint density at radius 1 is 1.54 bits per heavy atom. The minimum absolute atomic E-state index is 0.595. The van der Waals surface area contributed by atoms with Crippen LogP contribution in [0.3, 0.4) is 0 Å². The Morgan fingerprint density at radius 2 is 2.31 bits per heavy atom. The highest BCUT2D eigenvalue weighted by Crippen LogP contribution is 2.26. The molecule has 1 heterocycles. The predicted octanol–water partition coefficient (Wildman–Crippen LogP) is 1.26. The molecular weight excluding hydrogens is 162 g/mol. The van der Waals surface area contributed by atoms with Gasteiger partial charge in [-0.3, -0.25) is 4.90 Å². The van der Waals surface area contributed by atoms with Gasteiger partial charge in [0, 0.05) is 18.8 Å². The van der Waals surface area contributed by atoms with E-state index < -0.39 is 0 Å². The lowest BCUT2D eigenvalue weighted by molar-refractivity contribution is 0.316. The summed E-state index contributed by atoms with van der Waals surface area (Å²) in [7, 11) is 2.16. The Bertz CT molecular complexity index is 277. The summed E-state index contributed by atoms with van der Waals surface area (Å²) < 4.78 is 0. The van der Waals surface area contributed by atoms with Crippen molar-refractivity contribution in [3.8, 4) is 0 Å². The van der Waals surface area contributed by atoms with Crippen LogP contribution in [0.1, 0.15) is 18.4 Å². The maximum absolute atomic E-state index is 5.50. The van der Waals surface area contributed by atoms with Gasteiger partial charge in [-0.2, -0.15) is 0 Å². The number of rotatable bonds is 3. The molecular formula is C10H15N3. The van der Waals surface area contributed by atoms with Crippen LogP contribution in [0.5, 0.6) is 0 Å². The molecule has 0 radical (unpaired) electrons. The first-order chi connectivity index (χ1) is 6.25. The van der Waals surface area contributed by atoms with E-state index in [1.807, 2.05) is 18.3 Å². The van der Waals surface area contributed by atoms with Crippen molar-refractivity contribution in [2.45, 2.75) is 25.4 Å². The van der Waals surface area contributed by atoms with E-state index in [0.29, 0.717) is 5.82 Å². The fourth-order valence-electron chi connectivity index (χ4n) is 1.46. The van der Waals surface area contributed by atoms with Gasteiger partial charge in [0.05, 0.1) is 0 Å². The molecule has 1 aliphatic carbocycles. The first-order valence-electron chi connectivity index (χ1n) is 4.66. The molecule has 0 saturated heterocycles. The van der Waals surface area contributed by atoms with Crippen LogP contribution >= 0.6 is 0 Å². The smallest absolute Gasteiger partial charge is 0.123 e. The summed E-state index contributed by atoms with van der Waals surface area (Å²) in [5, 5.41) is 0. The molecule has 1 fully saturated rings. The average Bonchev–Trinajstić information content (AvgIpc) is 2.91. The number of nitrogens with zero attached hydrogens (tertiary/aromatic N) is 2. The van der Waals surface area contributed by atoms with Crippen molar-refractivity contribution >= 4 is 5.82 Å². The van der Waals surface area contributed by atoms with Crippen molar-refractivity contribution in [3.63, 3.8) is 0 Å². The molecule has 3 nitrogen and oxygen atoms in total. The Balaban J connectivity index is 1.96. The molecule has 0 aromatic carbocycles. The summed E-state index contributed by atoms with van der Waals surface area (Å²) in [4.78, 5) is 6.43. The van der Waals surface area contributed by atoms with Gasteiger partial charge >= 0.3 is 0 Å². The lowest BCUT2D eigenvalue weighted by Gasteiger charge is -2.14. The minimum Gasteiger partial charge on any atom is -0.384 e. The van der Waals surface area contributed by atoms with Gasteiger partial charge in [0.2, 0.25) is 0 Å². The van der Waals surface area contributed by atoms with Gasteiger partial charge < -0.3 is 5.73 Å². The molecule has 2 N–H and O–H groups in total. The second kappa shape index (κ2) is 3.34. The van der Waals surface area contributed by atoms with E-state index in [0.717, 1.165) is 12.6 Å². The number of anilines is 1. The minimum atomic E-state index is 0.595. The zero-order chi connectivity index (χ0) is 9.26. The van der Waals surface area contributed by atoms with Crippen LogP contribution in [0, 0.1) is 0 Å². The van der Waals surface area contributed by atoms with Crippen molar-refractivity contribution in [1.29, 1.82) is 0 Å². The second-order valence-electron chi connectivity index (χ2n) is 3.74. The number of nitrogen functional groups attached to an aromatic ring is 1. The van der Waals surface area contributed by atoms with Crippen molar-refractivity contribution in [1.82, 2.24) is 9.88 Å². The summed E-state index contributed by atoms with van der Waals surface area (Å²) in [5.74, 6) is 0.595. The number of aromatic nitrogens is 1. The zero-order valence-electron chi connectivity index (χ0n) is 7.90. The molecule has 70 valence electrons. The molecule has 1 aliphatic rings. The van der Waals surface area contributed by atoms with Gasteiger partial charge in [-0.25, -0.2) is 4.98 Å². The molecule has 0 spiro atoms. The average molecular weight is 177 g/mol. The van der Waals surface area contributed by atoms with Gasteiger partial charge in [-0.1, -0.05) is 6.07 Å². The molecule has 2 rings (SSSR count). The summed E-state index contributed by atoms with van der Waals surface area (Å²) in [6.45, 7) is 0.984. The maximum Gasteiger partial charge on any atom is 0.123 e. The lowest BCUT2D eigenvalue weighted by atomic mass is 10.2. The summed E-state index contributed by atoms with van der Waals surface area (Å²) in [6, 6.07) is 4.70. The molecule has 3 heteroatoms. The SMILES string of the molecule is CN(Cc1ccc(N)nc1)C1CC1. The fourth-order valence-corrected chi connectivity index (χ4v) is 1.46. The molecule has 13 heavy (non-hydrogen) atoms. The molecule has 1 aromatic heterocycles. The topological polar surface area (TPSA) is 42.1 Å². The summed E-state index contributed by atoms with van der Waals surface area (Å²) in [6.07, 6.45) is 4.55. The van der Waals surface area contributed by atoms with E-state index in [1.54, 1.807) is 0 Å². The van der Waals surface area contributed by atoms with Crippen molar-refractivity contribution in [2.75, 3.05) is 12.8 Å². The third-order valence-corrected chi connectivity index (χ3v) is 2.45. The van der Waals surface area contributed by atoms with Crippen LogP contribution in [0.4, 0.5) is 5.82 Å². The zero-order valence-corrected chi connectivity index (χ0v) is 7.90. The van der Waals surface area contributed by atoms with E-state index in [4.69, 9.17) is 5.73 Å². The molecule has 0 bridgehead atoms. The molecule has 1 saturated carbocycles. The second-order valence-corrected chi connectivity index (χ2v) is 3.74. The van der Waals surface area contributed by atoms with Crippen LogP contribution in [0.25, 0.3) is 0 Å². The Labute approximate surface area is 78.6 Å². The number of hydrogen-bond acceptors (Lipinski definition) is 3. The van der Waals surface area contributed by atoms with Gasteiger partial charge in [-0.15, -0.1) is 0 Å². The predicted molar refractivity (Wildman–Crippen MR) is 53.1 cm³/mol. The Morgan fingerprint density at radius 3 is 2.85 bits per heavy atom. The van der Waals surface area contributed by atoms with E-state index in [-0.39, 0.29) is 0 Å². The maximum atomic E-state index is 5.50. The van der Waals surface area contributed by atoms with Gasteiger partial charge in [0.1, 0.15) is 5.82 Å². The largest absolute Gasteiger partial charge is 0.384 e. The standard InChI is InChI=1S/C10H15N3/c1-13(9-3-4-9)7-8-2-5-10(11)12-6-8/h2,5-6,9H,3-4,7H2,1H3,(H2,11,12). The van der Waals surface area contributed by atoms with E-state index >= 15 is 0 Å². The van der Waals surface area contributed by atoms with Crippen LogP contribution in [-0.4, -0.2) is 23.0 Å². The van der Waals surface area contributed by atoms with Gasteiger partial charge in [-0.05, 0) is 31.5 Å². The molecule has 0 unspecified atom stereocenters. The lowest BCUT2D eigenvalue weighted by Crippen LogP contribution is -2.19. The van der Waals surface area contributed by atoms with E-state index in [9.17, 15) is 0 Å². The molecule has 0 aliphatic heterocycles. The molecule has 1 aromatic rings. The first kappa shape index (κ1) is 8.51.